The number of aromatic nitrogens is 1. The SMILES string of the molecule is COc1cnc(C(C)(C)I)cc1C(=O)O. The Balaban J connectivity index is 3.28. The highest BCUT2D eigenvalue weighted by Crippen LogP contribution is 2.31. The topological polar surface area (TPSA) is 59.4 Å². The van der Waals surface area contributed by atoms with Crippen LogP contribution in [0.4, 0.5) is 0 Å². The van der Waals surface area contributed by atoms with Gasteiger partial charge in [0.25, 0.3) is 0 Å². The zero-order chi connectivity index (χ0) is 11.6. The van der Waals surface area contributed by atoms with Gasteiger partial charge in [0, 0.05) is 0 Å². The molecular formula is C10H12INO3. The Hall–Kier alpha value is -0.850. The van der Waals surface area contributed by atoms with Crippen LogP contribution < -0.4 is 4.74 Å². The van der Waals surface area contributed by atoms with Crippen LogP contribution in [0.1, 0.15) is 29.9 Å². The molecule has 0 spiro atoms. The van der Waals surface area contributed by atoms with Gasteiger partial charge < -0.3 is 9.84 Å². The number of pyridine rings is 1. The van der Waals surface area contributed by atoms with Gasteiger partial charge in [0.15, 0.2) is 5.75 Å². The van der Waals surface area contributed by atoms with E-state index in [0.29, 0.717) is 0 Å². The number of carboxylic acids is 1. The van der Waals surface area contributed by atoms with Crippen molar-refractivity contribution in [3.8, 4) is 5.75 Å². The number of alkyl halides is 1. The number of methoxy groups -OCH3 is 1. The Bertz CT molecular complexity index is 385. The van der Waals surface area contributed by atoms with Crippen molar-refractivity contribution in [2.75, 3.05) is 7.11 Å². The lowest BCUT2D eigenvalue weighted by atomic mass is 10.1. The van der Waals surface area contributed by atoms with Crippen LogP contribution in [0.15, 0.2) is 12.3 Å². The van der Waals surface area contributed by atoms with Crippen molar-refractivity contribution in [1.82, 2.24) is 4.98 Å². The summed E-state index contributed by atoms with van der Waals surface area (Å²) in [5.41, 5.74) is 0.869. The molecule has 0 saturated heterocycles. The Kier molecular flexibility index (Phi) is 3.54. The minimum atomic E-state index is -1.00. The number of hydrogen-bond acceptors (Lipinski definition) is 3. The zero-order valence-electron chi connectivity index (χ0n) is 8.74. The van der Waals surface area contributed by atoms with Crippen molar-refractivity contribution in [3.63, 3.8) is 0 Å². The molecule has 0 fully saturated rings. The third-order valence-electron chi connectivity index (χ3n) is 1.93. The van der Waals surface area contributed by atoms with Gasteiger partial charge in [-0.05, 0) is 19.9 Å². The number of carboxylic acid groups (broad SMARTS) is 1. The Morgan fingerprint density at radius 1 is 1.60 bits per heavy atom. The molecule has 0 aliphatic rings. The van der Waals surface area contributed by atoms with Crippen LogP contribution >= 0.6 is 22.6 Å². The summed E-state index contributed by atoms with van der Waals surface area (Å²) in [6.07, 6.45) is 1.44. The highest BCUT2D eigenvalue weighted by Gasteiger charge is 2.21. The molecule has 0 aliphatic carbocycles. The van der Waals surface area contributed by atoms with E-state index in [1.54, 1.807) is 6.07 Å². The van der Waals surface area contributed by atoms with Gasteiger partial charge >= 0.3 is 5.97 Å². The first-order chi connectivity index (χ1) is 6.86. The van der Waals surface area contributed by atoms with Crippen LogP contribution in [-0.2, 0) is 3.42 Å². The van der Waals surface area contributed by atoms with Gasteiger partial charge in [0.2, 0.25) is 0 Å². The first kappa shape index (κ1) is 12.2. The molecule has 15 heavy (non-hydrogen) atoms. The highest BCUT2D eigenvalue weighted by molar-refractivity contribution is 14.1. The van der Waals surface area contributed by atoms with Crippen molar-refractivity contribution in [1.29, 1.82) is 0 Å². The van der Waals surface area contributed by atoms with Crippen LogP contribution in [0, 0.1) is 0 Å². The van der Waals surface area contributed by atoms with E-state index >= 15 is 0 Å². The van der Waals surface area contributed by atoms with E-state index in [2.05, 4.69) is 27.6 Å². The number of halogens is 1. The number of aromatic carboxylic acids is 1. The number of nitrogens with zero attached hydrogens (tertiary/aromatic N) is 1. The van der Waals surface area contributed by atoms with Gasteiger partial charge in [0.05, 0.1) is 22.4 Å². The van der Waals surface area contributed by atoms with Crippen LogP contribution in [0.5, 0.6) is 5.75 Å². The van der Waals surface area contributed by atoms with E-state index in [9.17, 15) is 4.79 Å². The van der Waals surface area contributed by atoms with Crippen molar-refractivity contribution in [3.05, 3.63) is 23.5 Å². The molecule has 1 heterocycles. The number of hydrogen-bond donors (Lipinski definition) is 1. The lowest BCUT2D eigenvalue weighted by Crippen LogP contribution is -2.12. The molecule has 0 amide bonds. The largest absolute Gasteiger partial charge is 0.494 e. The molecule has 0 bridgehead atoms. The van der Waals surface area contributed by atoms with E-state index in [1.807, 2.05) is 13.8 Å². The third-order valence-corrected chi connectivity index (χ3v) is 2.48. The second kappa shape index (κ2) is 4.34. The maximum absolute atomic E-state index is 10.9. The molecular weight excluding hydrogens is 309 g/mol. The molecule has 5 heteroatoms. The molecule has 1 aromatic rings. The average Bonchev–Trinajstić information content (AvgIpc) is 2.15. The maximum Gasteiger partial charge on any atom is 0.339 e. The molecule has 4 nitrogen and oxygen atoms in total. The summed E-state index contributed by atoms with van der Waals surface area (Å²) < 4.78 is 4.73. The lowest BCUT2D eigenvalue weighted by molar-refractivity contribution is 0.0693. The Labute approximate surface area is 102 Å². The average molecular weight is 321 g/mol. The fourth-order valence-corrected chi connectivity index (χ4v) is 1.39. The first-order valence-corrected chi connectivity index (χ1v) is 5.41. The summed E-state index contributed by atoms with van der Waals surface area (Å²) in [4.78, 5) is 15.1. The predicted molar refractivity (Wildman–Crippen MR) is 64.8 cm³/mol. The van der Waals surface area contributed by atoms with E-state index < -0.39 is 5.97 Å². The molecule has 1 N–H and O–H groups in total. The first-order valence-electron chi connectivity index (χ1n) is 4.33. The molecule has 0 aromatic carbocycles. The Morgan fingerprint density at radius 3 is 2.60 bits per heavy atom. The van der Waals surface area contributed by atoms with Gasteiger partial charge in [-0.2, -0.15) is 0 Å². The van der Waals surface area contributed by atoms with Gasteiger partial charge in [-0.25, -0.2) is 4.79 Å². The highest BCUT2D eigenvalue weighted by atomic mass is 127. The summed E-state index contributed by atoms with van der Waals surface area (Å²) in [6, 6.07) is 1.55. The standard InChI is InChI=1S/C10H12INO3/c1-10(2,11)8-4-6(9(13)14)7(15-3)5-12-8/h4-5H,1-3H3,(H,13,14). The minimum Gasteiger partial charge on any atom is -0.494 e. The lowest BCUT2D eigenvalue weighted by Gasteiger charge is -2.16. The smallest absolute Gasteiger partial charge is 0.339 e. The number of ether oxygens (including phenoxy) is 1. The monoisotopic (exact) mass is 321 g/mol. The Morgan fingerprint density at radius 2 is 2.20 bits per heavy atom. The minimum absolute atomic E-state index is 0.146. The van der Waals surface area contributed by atoms with E-state index in [-0.39, 0.29) is 14.7 Å². The molecule has 0 radical (unpaired) electrons. The summed E-state index contributed by atoms with van der Waals surface area (Å²) >= 11 is 2.21. The van der Waals surface area contributed by atoms with Crippen molar-refractivity contribution in [2.24, 2.45) is 0 Å². The van der Waals surface area contributed by atoms with Crippen LogP contribution in [0.3, 0.4) is 0 Å². The van der Waals surface area contributed by atoms with Gasteiger partial charge in [-0.3, -0.25) is 4.98 Å². The van der Waals surface area contributed by atoms with Gasteiger partial charge in [-0.1, -0.05) is 22.6 Å². The fraction of sp³-hybridized carbons (Fsp3) is 0.400. The van der Waals surface area contributed by atoms with Crippen LogP contribution in [0.25, 0.3) is 0 Å². The predicted octanol–water partition coefficient (Wildman–Crippen LogP) is 2.46. The summed E-state index contributed by atoms with van der Waals surface area (Å²) in [5, 5.41) is 8.98. The molecule has 0 atom stereocenters. The second-order valence-corrected chi connectivity index (χ2v) is 6.24. The summed E-state index contributed by atoms with van der Waals surface area (Å²) in [6.45, 7) is 3.93. The second-order valence-electron chi connectivity index (χ2n) is 3.55. The molecule has 1 rings (SSSR count). The molecule has 0 saturated carbocycles. The van der Waals surface area contributed by atoms with Crippen molar-refractivity contribution in [2.45, 2.75) is 17.3 Å². The molecule has 0 aliphatic heterocycles. The van der Waals surface area contributed by atoms with Crippen molar-refractivity contribution >= 4 is 28.6 Å². The number of carbonyl (C=O) groups is 1. The zero-order valence-corrected chi connectivity index (χ0v) is 10.9. The molecule has 82 valence electrons. The van der Waals surface area contributed by atoms with Gasteiger partial charge in [0.1, 0.15) is 5.56 Å². The maximum atomic E-state index is 10.9. The normalized spacial score (nSPS) is 11.2. The van der Waals surface area contributed by atoms with Crippen LogP contribution in [0.2, 0.25) is 0 Å². The van der Waals surface area contributed by atoms with E-state index in [1.165, 1.54) is 13.3 Å². The molecule has 0 unspecified atom stereocenters. The molecule has 1 aromatic heterocycles. The van der Waals surface area contributed by atoms with E-state index in [0.717, 1.165) is 5.69 Å². The van der Waals surface area contributed by atoms with Gasteiger partial charge in [-0.15, -0.1) is 0 Å². The summed E-state index contributed by atoms with van der Waals surface area (Å²) in [5.74, 6) is -0.719. The summed E-state index contributed by atoms with van der Waals surface area (Å²) in [7, 11) is 1.43. The van der Waals surface area contributed by atoms with Crippen LogP contribution in [-0.4, -0.2) is 23.2 Å². The van der Waals surface area contributed by atoms with E-state index in [4.69, 9.17) is 9.84 Å². The van der Waals surface area contributed by atoms with Crippen molar-refractivity contribution < 1.29 is 14.6 Å². The quantitative estimate of drug-likeness (QED) is 0.686. The third kappa shape index (κ3) is 2.80. The fourth-order valence-electron chi connectivity index (χ4n) is 1.10. The number of rotatable bonds is 3.